The van der Waals surface area contributed by atoms with Crippen molar-refractivity contribution in [1.29, 1.82) is 0 Å². The second-order valence-electron chi connectivity index (χ2n) is 2.11. The third kappa shape index (κ3) is 7.46. The van der Waals surface area contributed by atoms with E-state index in [-0.39, 0.29) is 0 Å². The molecule has 1 atom stereocenters. The third-order valence-electron chi connectivity index (χ3n) is 0.976. The Kier molecular flexibility index (Phi) is 6.03. The first kappa shape index (κ1) is 10.6. The summed E-state index contributed by atoms with van der Waals surface area (Å²) in [5.74, 6) is 0. The largest absolute Gasteiger partial charge is 0.509 e. The standard InChI is InChI=1S/C7H13ClO3/c1-3-4-5-10-7(9)11-6(2)8/h6H,3-5H2,1-2H3. The lowest BCUT2D eigenvalue weighted by molar-refractivity contribution is 0.0489. The molecule has 0 aromatic rings. The number of carbonyl (C=O) groups excluding carboxylic acids is 1. The average molecular weight is 181 g/mol. The Morgan fingerprint density at radius 3 is 2.73 bits per heavy atom. The molecule has 11 heavy (non-hydrogen) atoms. The van der Waals surface area contributed by atoms with Gasteiger partial charge < -0.3 is 9.47 Å². The first-order valence-electron chi connectivity index (χ1n) is 3.64. The fourth-order valence-electron chi connectivity index (χ4n) is 0.466. The van der Waals surface area contributed by atoms with Crippen molar-refractivity contribution in [3.8, 4) is 0 Å². The first-order chi connectivity index (χ1) is 5.16. The molecule has 0 saturated heterocycles. The molecule has 4 heteroatoms. The van der Waals surface area contributed by atoms with Crippen LogP contribution in [0.1, 0.15) is 26.7 Å². The Hall–Kier alpha value is -0.440. The van der Waals surface area contributed by atoms with Crippen LogP contribution in [0.3, 0.4) is 0 Å². The van der Waals surface area contributed by atoms with Gasteiger partial charge in [0.1, 0.15) is 0 Å². The van der Waals surface area contributed by atoms with Crippen LogP contribution in [0, 0.1) is 0 Å². The molecule has 0 aromatic carbocycles. The van der Waals surface area contributed by atoms with E-state index in [4.69, 9.17) is 11.6 Å². The number of ether oxygens (including phenoxy) is 2. The maximum absolute atomic E-state index is 10.6. The van der Waals surface area contributed by atoms with Gasteiger partial charge in [-0.2, -0.15) is 0 Å². The van der Waals surface area contributed by atoms with Crippen molar-refractivity contribution >= 4 is 17.8 Å². The van der Waals surface area contributed by atoms with Gasteiger partial charge in [0.15, 0.2) is 5.56 Å². The van der Waals surface area contributed by atoms with Crippen molar-refractivity contribution in [1.82, 2.24) is 0 Å². The number of hydrogen-bond donors (Lipinski definition) is 0. The van der Waals surface area contributed by atoms with Gasteiger partial charge >= 0.3 is 6.16 Å². The number of alkyl halides is 1. The maximum Gasteiger partial charge on any atom is 0.509 e. The van der Waals surface area contributed by atoms with Crippen LogP contribution in [-0.2, 0) is 9.47 Å². The molecule has 0 radical (unpaired) electrons. The number of carbonyl (C=O) groups is 1. The summed E-state index contributed by atoms with van der Waals surface area (Å²) in [6.07, 6.45) is 1.15. The molecule has 0 bridgehead atoms. The van der Waals surface area contributed by atoms with Crippen molar-refractivity contribution in [3.63, 3.8) is 0 Å². The lowest BCUT2D eigenvalue weighted by atomic mass is 10.4. The van der Waals surface area contributed by atoms with E-state index in [0.717, 1.165) is 12.8 Å². The number of unbranched alkanes of at least 4 members (excludes halogenated alkanes) is 1. The zero-order valence-corrected chi connectivity index (χ0v) is 7.56. The number of rotatable bonds is 4. The number of halogens is 1. The van der Waals surface area contributed by atoms with Gasteiger partial charge in [-0.3, -0.25) is 0 Å². The quantitative estimate of drug-likeness (QED) is 0.379. The van der Waals surface area contributed by atoms with Gasteiger partial charge in [0.05, 0.1) is 6.61 Å². The molecule has 0 N–H and O–H groups in total. The molecule has 1 unspecified atom stereocenters. The van der Waals surface area contributed by atoms with E-state index in [1.165, 1.54) is 0 Å². The van der Waals surface area contributed by atoms with E-state index in [1.54, 1.807) is 6.92 Å². The van der Waals surface area contributed by atoms with Crippen LogP contribution >= 0.6 is 11.6 Å². The zero-order chi connectivity index (χ0) is 8.69. The molecule has 0 amide bonds. The molecule has 0 aliphatic rings. The van der Waals surface area contributed by atoms with Gasteiger partial charge in [-0.1, -0.05) is 24.9 Å². The summed E-state index contributed by atoms with van der Waals surface area (Å²) in [7, 11) is 0. The van der Waals surface area contributed by atoms with Crippen molar-refractivity contribution in [2.75, 3.05) is 6.61 Å². The van der Waals surface area contributed by atoms with Crippen LogP contribution in [0.15, 0.2) is 0 Å². The minimum Gasteiger partial charge on any atom is -0.434 e. The molecule has 3 nitrogen and oxygen atoms in total. The Labute approximate surface area is 71.6 Å². The van der Waals surface area contributed by atoms with Gasteiger partial charge in [0, 0.05) is 0 Å². The average Bonchev–Trinajstić information content (AvgIpc) is 1.86. The second kappa shape index (κ2) is 6.28. The summed E-state index contributed by atoms with van der Waals surface area (Å²) in [6, 6.07) is 0. The summed E-state index contributed by atoms with van der Waals surface area (Å²) in [5, 5.41) is 0. The fraction of sp³-hybridized carbons (Fsp3) is 0.857. The molecule has 0 aliphatic carbocycles. The highest BCUT2D eigenvalue weighted by Crippen LogP contribution is 1.99. The Balaban J connectivity index is 3.23. The predicted octanol–water partition coefficient (Wildman–Crippen LogP) is 2.52. The molecule has 0 rings (SSSR count). The summed E-state index contributed by atoms with van der Waals surface area (Å²) in [4.78, 5) is 10.6. The molecule has 0 spiro atoms. The summed E-state index contributed by atoms with van der Waals surface area (Å²) in [6.45, 7) is 3.97. The van der Waals surface area contributed by atoms with E-state index in [0.29, 0.717) is 6.61 Å². The summed E-state index contributed by atoms with van der Waals surface area (Å²) < 4.78 is 9.15. The van der Waals surface area contributed by atoms with Gasteiger partial charge in [-0.25, -0.2) is 4.79 Å². The Bertz CT molecular complexity index is 114. The minimum atomic E-state index is -0.694. The Morgan fingerprint density at radius 1 is 1.64 bits per heavy atom. The SMILES string of the molecule is CCCCOC(=O)OC(C)Cl. The van der Waals surface area contributed by atoms with Crippen LogP contribution in [0.2, 0.25) is 0 Å². The van der Waals surface area contributed by atoms with E-state index in [2.05, 4.69) is 9.47 Å². The van der Waals surface area contributed by atoms with Crippen molar-refractivity contribution in [2.24, 2.45) is 0 Å². The molecular weight excluding hydrogens is 168 g/mol. The molecule has 66 valence electrons. The van der Waals surface area contributed by atoms with Crippen molar-refractivity contribution in [3.05, 3.63) is 0 Å². The van der Waals surface area contributed by atoms with E-state index in [9.17, 15) is 4.79 Å². The predicted molar refractivity (Wildman–Crippen MR) is 42.7 cm³/mol. The molecule has 0 aliphatic heterocycles. The Morgan fingerprint density at radius 2 is 2.27 bits per heavy atom. The van der Waals surface area contributed by atoms with Gasteiger partial charge in [0.25, 0.3) is 0 Å². The van der Waals surface area contributed by atoms with Crippen molar-refractivity contribution < 1.29 is 14.3 Å². The normalized spacial score (nSPS) is 12.3. The first-order valence-corrected chi connectivity index (χ1v) is 4.08. The summed E-state index contributed by atoms with van der Waals surface area (Å²) in [5.41, 5.74) is -0.621. The van der Waals surface area contributed by atoms with Crippen LogP contribution in [0.5, 0.6) is 0 Å². The fourth-order valence-corrected chi connectivity index (χ4v) is 0.539. The molecule has 0 fully saturated rings. The van der Waals surface area contributed by atoms with Crippen molar-refractivity contribution in [2.45, 2.75) is 32.3 Å². The monoisotopic (exact) mass is 180 g/mol. The van der Waals surface area contributed by atoms with Crippen LogP contribution in [0.25, 0.3) is 0 Å². The van der Waals surface area contributed by atoms with Gasteiger partial charge in [0.2, 0.25) is 0 Å². The highest BCUT2D eigenvalue weighted by molar-refractivity contribution is 6.19. The number of hydrogen-bond acceptors (Lipinski definition) is 3. The lowest BCUT2D eigenvalue weighted by Crippen LogP contribution is -2.11. The lowest BCUT2D eigenvalue weighted by Gasteiger charge is -2.05. The van der Waals surface area contributed by atoms with Gasteiger partial charge in [-0.15, -0.1) is 0 Å². The van der Waals surface area contributed by atoms with Gasteiger partial charge in [-0.05, 0) is 13.3 Å². The van der Waals surface area contributed by atoms with Crippen LogP contribution in [0.4, 0.5) is 4.79 Å². The molecule has 0 heterocycles. The highest BCUT2D eigenvalue weighted by Gasteiger charge is 2.05. The topological polar surface area (TPSA) is 35.5 Å². The maximum atomic E-state index is 10.6. The van der Waals surface area contributed by atoms with E-state index < -0.39 is 11.7 Å². The molecule has 0 saturated carbocycles. The molecular formula is C7H13ClO3. The minimum absolute atomic E-state index is 0.402. The smallest absolute Gasteiger partial charge is 0.434 e. The zero-order valence-electron chi connectivity index (χ0n) is 6.80. The third-order valence-corrected chi connectivity index (χ3v) is 1.07. The summed E-state index contributed by atoms with van der Waals surface area (Å²) >= 11 is 5.36. The second-order valence-corrected chi connectivity index (χ2v) is 2.73. The van der Waals surface area contributed by atoms with E-state index in [1.807, 2.05) is 6.92 Å². The molecule has 0 aromatic heterocycles. The van der Waals surface area contributed by atoms with Crippen LogP contribution < -0.4 is 0 Å². The highest BCUT2D eigenvalue weighted by atomic mass is 35.5. The van der Waals surface area contributed by atoms with Crippen LogP contribution in [-0.4, -0.2) is 18.3 Å². The van der Waals surface area contributed by atoms with E-state index >= 15 is 0 Å².